The number of carbonyl (C=O) groups is 2. The van der Waals surface area contributed by atoms with Gasteiger partial charge in [0.2, 0.25) is 0 Å². The Hall–Kier alpha value is -3.42. The molecule has 140 valence electrons. The van der Waals surface area contributed by atoms with E-state index < -0.39 is 18.5 Å². The van der Waals surface area contributed by atoms with Crippen molar-refractivity contribution in [3.8, 4) is 11.5 Å². The van der Waals surface area contributed by atoms with E-state index in [-0.39, 0.29) is 23.5 Å². The molecule has 0 unspecified atom stereocenters. The largest absolute Gasteiger partial charge is 0.508 e. The summed E-state index contributed by atoms with van der Waals surface area (Å²) in [6.45, 7) is -1.35. The Kier molecular flexibility index (Phi) is 4.81. The number of ether oxygens (including phenoxy) is 1. The highest BCUT2D eigenvalue weighted by molar-refractivity contribution is 6.04. The molecule has 0 spiro atoms. The van der Waals surface area contributed by atoms with E-state index in [9.17, 15) is 23.5 Å². The zero-order valence-electron chi connectivity index (χ0n) is 14.1. The molecule has 0 saturated carbocycles. The van der Waals surface area contributed by atoms with Crippen LogP contribution in [0.2, 0.25) is 0 Å². The van der Waals surface area contributed by atoms with Gasteiger partial charge in [-0.2, -0.15) is 8.78 Å². The number of aromatic nitrogens is 1. The smallest absolute Gasteiger partial charge is 0.387 e. The van der Waals surface area contributed by atoms with Crippen LogP contribution in [0.5, 0.6) is 11.5 Å². The molecule has 6 nitrogen and oxygen atoms in total. The van der Waals surface area contributed by atoms with E-state index in [1.807, 2.05) is 0 Å². The molecule has 0 amide bonds. The van der Waals surface area contributed by atoms with Crippen molar-refractivity contribution in [3.05, 3.63) is 59.3 Å². The monoisotopic (exact) mass is 375 g/mol. The van der Waals surface area contributed by atoms with Gasteiger partial charge in [0.05, 0.1) is 11.9 Å². The molecule has 27 heavy (non-hydrogen) atoms. The maximum Gasteiger partial charge on any atom is 0.387 e. The van der Waals surface area contributed by atoms with E-state index in [1.165, 1.54) is 47.0 Å². The molecule has 3 rings (SSSR count). The third-order valence-electron chi connectivity index (χ3n) is 4.18. The highest BCUT2D eigenvalue weighted by Crippen LogP contribution is 2.30. The molecular weight excluding hydrogens is 360 g/mol. The van der Waals surface area contributed by atoms with Crippen LogP contribution >= 0.6 is 0 Å². The Morgan fingerprint density at radius 2 is 1.81 bits per heavy atom. The Morgan fingerprint density at radius 3 is 2.41 bits per heavy atom. The molecule has 0 saturated heterocycles. The lowest BCUT2D eigenvalue weighted by atomic mass is 10.1. The Labute approximate surface area is 152 Å². The van der Waals surface area contributed by atoms with E-state index in [2.05, 4.69) is 4.74 Å². The first-order valence-corrected chi connectivity index (χ1v) is 7.92. The van der Waals surface area contributed by atoms with Crippen LogP contribution in [0.15, 0.2) is 42.5 Å². The maximum absolute atomic E-state index is 13.0. The van der Waals surface area contributed by atoms with Crippen LogP contribution in [0, 0.1) is 6.92 Å². The molecule has 0 aliphatic carbocycles. The molecule has 0 atom stereocenters. The average Bonchev–Trinajstić information content (AvgIpc) is 2.86. The minimum atomic E-state index is -2.96. The van der Waals surface area contributed by atoms with Crippen molar-refractivity contribution < 1.29 is 33.3 Å². The molecule has 3 aromatic rings. The number of halogens is 2. The summed E-state index contributed by atoms with van der Waals surface area (Å²) in [7, 11) is 0. The zero-order chi connectivity index (χ0) is 19.7. The van der Waals surface area contributed by atoms with Crippen LogP contribution in [-0.4, -0.2) is 33.3 Å². The highest BCUT2D eigenvalue weighted by Gasteiger charge is 2.21. The Balaban J connectivity index is 2.09. The number of alkyl halides is 2. The van der Waals surface area contributed by atoms with Gasteiger partial charge in [0.1, 0.15) is 11.5 Å². The van der Waals surface area contributed by atoms with Gasteiger partial charge in [0.25, 0.3) is 5.91 Å². The van der Waals surface area contributed by atoms with Gasteiger partial charge in [0, 0.05) is 16.6 Å². The van der Waals surface area contributed by atoms with Crippen molar-refractivity contribution in [1.29, 1.82) is 0 Å². The quantitative estimate of drug-likeness (QED) is 0.712. The van der Waals surface area contributed by atoms with Gasteiger partial charge < -0.3 is 14.9 Å². The summed E-state index contributed by atoms with van der Waals surface area (Å²) < 4.78 is 30.1. The first kappa shape index (κ1) is 18.4. The van der Waals surface area contributed by atoms with E-state index >= 15 is 0 Å². The molecule has 1 heterocycles. The number of carbonyl (C=O) groups excluding carboxylic acids is 1. The van der Waals surface area contributed by atoms with E-state index in [1.54, 1.807) is 6.92 Å². The van der Waals surface area contributed by atoms with Crippen molar-refractivity contribution >= 4 is 22.8 Å². The van der Waals surface area contributed by atoms with Gasteiger partial charge in [-0.1, -0.05) is 0 Å². The summed E-state index contributed by atoms with van der Waals surface area (Å²) in [6.07, 6.45) is -0.312. The van der Waals surface area contributed by atoms with Crippen LogP contribution in [0.4, 0.5) is 8.78 Å². The topological polar surface area (TPSA) is 88.8 Å². The number of phenols is 1. The third-order valence-corrected chi connectivity index (χ3v) is 4.18. The van der Waals surface area contributed by atoms with Gasteiger partial charge in [0.15, 0.2) is 0 Å². The van der Waals surface area contributed by atoms with Crippen molar-refractivity contribution in [3.63, 3.8) is 0 Å². The number of rotatable bonds is 5. The molecule has 8 heteroatoms. The van der Waals surface area contributed by atoms with E-state index in [0.29, 0.717) is 22.2 Å². The van der Waals surface area contributed by atoms with Gasteiger partial charge in [-0.15, -0.1) is 0 Å². The number of hydrogen-bond acceptors (Lipinski definition) is 4. The van der Waals surface area contributed by atoms with Crippen LogP contribution < -0.4 is 4.74 Å². The van der Waals surface area contributed by atoms with Crippen LogP contribution in [0.3, 0.4) is 0 Å². The molecule has 0 aliphatic rings. The van der Waals surface area contributed by atoms with Gasteiger partial charge >= 0.3 is 12.6 Å². The SMILES string of the molecule is Cc1c(CC(=O)O)c2cc(O)ccc2n1C(=O)c1ccc(OC(F)F)cc1. The van der Waals surface area contributed by atoms with Gasteiger partial charge in [-0.25, -0.2) is 0 Å². The summed E-state index contributed by atoms with van der Waals surface area (Å²) in [5.74, 6) is -1.65. The number of aliphatic carboxylic acids is 1. The molecular formula is C19H15F2NO5. The molecule has 0 fully saturated rings. The minimum Gasteiger partial charge on any atom is -0.508 e. The Morgan fingerprint density at radius 1 is 1.15 bits per heavy atom. The normalized spacial score (nSPS) is 11.1. The van der Waals surface area contributed by atoms with E-state index in [4.69, 9.17) is 5.11 Å². The molecule has 2 N–H and O–H groups in total. The summed E-state index contributed by atoms with van der Waals surface area (Å²) in [5.41, 5.74) is 1.50. The second kappa shape index (κ2) is 7.06. The minimum absolute atomic E-state index is 0.0489. The maximum atomic E-state index is 13.0. The molecule has 0 bridgehead atoms. The van der Waals surface area contributed by atoms with Crippen molar-refractivity contribution in [1.82, 2.24) is 4.57 Å². The summed E-state index contributed by atoms with van der Waals surface area (Å²) in [6, 6.07) is 9.54. The summed E-state index contributed by atoms with van der Waals surface area (Å²) in [4.78, 5) is 24.2. The van der Waals surface area contributed by atoms with Crippen LogP contribution in [-0.2, 0) is 11.2 Å². The predicted molar refractivity (Wildman–Crippen MR) is 92.5 cm³/mol. The second-order valence-corrected chi connectivity index (χ2v) is 5.88. The lowest BCUT2D eigenvalue weighted by molar-refractivity contribution is -0.136. The summed E-state index contributed by atoms with van der Waals surface area (Å²) >= 11 is 0. The number of fused-ring (bicyclic) bond motifs is 1. The number of carboxylic acids is 1. The zero-order valence-corrected chi connectivity index (χ0v) is 14.1. The molecule has 1 aromatic heterocycles. The number of nitrogens with zero attached hydrogens (tertiary/aromatic N) is 1. The van der Waals surface area contributed by atoms with Crippen molar-refractivity contribution in [2.75, 3.05) is 0 Å². The number of hydrogen-bond donors (Lipinski definition) is 2. The number of benzene rings is 2. The number of phenolic OH excluding ortho intramolecular Hbond substituents is 1. The molecule has 0 radical (unpaired) electrons. The van der Waals surface area contributed by atoms with Crippen molar-refractivity contribution in [2.24, 2.45) is 0 Å². The summed E-state index contributed by atoms with van der Waals surface area (Å²) in [5, 5.41) is 19.3. The fourth-order valence-electron chi connectivity index (χ4n) is 3.02. The lowest BCUT2D eigenvalue weighted by Crippen LogP contribution is -2.14. The van der Waals surface area contributed by atoms with E-state index in [0.717, 1.165) is 0 Å². The highest BCUT2D eigenvalue weighted by atomic mass is 19.3. The predicted octanol–water partition coefficient (Wildman–Crippen LogP) is 3.57. The molecule has 2 aromatic carbocycles. The first-order chi connectivity index (χ1) is 12.8. The fourth-order valence-corrected chi connectivity index (χ4v) is 3.02. The number of carboxylic acid groups (broad SMARTS) is 1. The van der Waals surface area contributed by atoms with Crippen molar-refractivity contribution in [2.45, 2.75) is 20.0 Å². The first-order valence-electron chi connectivity index (χ1n) is 7.92. The van der Waals surface area contributed by atoms with Gasteiger partial charge in [-0.3, -0.25) is 14.2 Å². The third kappa shape index (κ3) is 3.59. The lowest BCUT2D eigenvalue weighted by Gasteiger charge is -2.09. The average molecular weight is 375 g/mol. The molecule has 0 aliphatic heterocycles. The number of aromatic hydroxyl groups is 1. The second-order valence-electron chi connectivity index (χ2n) is 5.88. The standard InChI is InChI=1S/C19H15F2NO5/c1-10-14(9-17(24)25)15-8-12(23)4-7-16(15)22(10)18(26)11-2-5-13(6-3-11)27-19(20)21/h2-8,19,23H,9H2,1H3,(H,24,25). The van der Waals surface area contributed by atoms with Gasteiger partial charge in [-0.05, 0) is 55.0 Å². The fraction of sp³-hybridized carbons (Fsp3) is 0.158. The van der Waals surface area contributed by atoms with Crippen LogP contribution in [0.25, 0.3) is 10.9 Å². The van der Waals surface area contributed by atoms with Crippen LogP contribution in [0.1, 0.15) is 21.6 Å². The Bertz CT molecular complexity index is 1020.